The van der Waals surface area contributed by atoms with E-state index >= 15 is 0 Å². The molecule has 2 saturated heterocycles. The van der Waals surface area contributed by atoms with E-state index < -0.39 is 9.84 Å². The van der Waals surface area contributed by atoms with Crippen molar-refractivity contribution in [3.8, 4) is 11.5 Å². The number of sulfone groups is 1. The van der Waals surface area contributed by atoms with Gasteiger partial charge in [0.05, 0.1) is 25.2 Å². The molecule has 0 atom stereocenters. The SMILES string of the molecule is CCOc1cc(CN2CCC(N3CCS(=O)(=O)CC3)CC2)ccc1OC. The molecule has 0 amide bonds. The summed E-state index contributed by atoms with van der Waals surface area (Å²) < 4.78 is 34.2. The number of benzene rings is 1. The van der Waals surface area contributed by atoms with Gasteiger partial charge in [-0.1, -0.05) is 6.07 Å². The third kappa shape index (κ3) is 4.90. The van der Waals surface area contributed by atoms with Gasteiger partial charge in [0, 0.05) is 25.7 Å². The standard InChI is InChI=1S/C19H30N2O4S/c1-3-25-19-14-16(4-5-18(19)24-2)15-20-8-6-17(7-9-20)21-10-12-26(22,23)13-11-21/h4-5,14,17H,3,6-13,15H2,1-2H3. The fourth-order valence-corrected chi connectivity index (χ4v) is 5.11. The van der Waals surface area contributed by atoms with E-state index in [0.717, 1.165) is 44.0 Å². The Bertz CT molecular complexity index is 685. The molecule has 2 fully saturated rings. The largest absolute Gasteiger partial charge is 0.493 e. The first-order valence-electron chi connectivity index (χ1n) is 9.47. The third-order valence-corrected chi connectivity index (χ3v) is 7.00. The minimum absolute atomic E-state index is 0.319. The number of hydrogen-bond donors (Lipinski definition) is 0. The minimum atomic E-state index is -2.79. The summed E-state index contributed by atoms with van der Waals surface area (Å²) in [5.74, 6) is 2.21. The molecule has 0 aromatic heterocycles. The van der Waals surface area contributed by atoms with Gasteiger partial charge in [0.25, 0.3) is 0 Å². The zero-order chi connectivity index (χ0) is 18.6. The summed E-state index contributed by atoms with van der Waals surface area (Å²) in [6, 6.07) is 6.67. The average Bonchev–Trinajstić information content (AvgIpc) is 2.63. The van der Waals surface area contributed by atoms with E-state index in [0.29, 0.717) is 37.2 Å². The van der Waals surface area contributed by atoms with Crippen molar-refractivity contribution in [3.63, 3.8) is 0 Å². The van der Waals surface area contributed by atoms with Crippen molar-refractivity contribution in [1.29, 1.82) is 0 Å². The Kier molecular flexibility index (Phi) is 6.42. The molecular weight excluding hydrogens is 352 g/mol. The van der Waals surface area contributed by atoms with Gasteiger partial charge >= 0.3 is 0 Å². The summed E-state index contributed by atoms with van der Waals surface area (Å²) in [4.78, 5) is 4.84. The molecule has 0 saturated carbocycles. The minimum Gasteiger partial charge on any atom is -0.493 e. The van der Waals surface area contributed by atoms with Gasteiger partial charge in [0.2, 0.25) is 0 Å². The first-order valence-corrected chi connectivity index (χ1v) is 11.3. The van der Waals surface area contributed by atoms with Gasteiger partial charge in [-0.25, -0.2) is 8.42 Å². The summed E-state index contributed by atoms with van der Waals surface area (Å²) >= 11 is 0. The maximum absolute atomic E-state index is 11.6. The van der Waals surface area contributed by atoms with Crippen LogP contribution in [0.15, 0.2) is 18.2 Å². The van der Waals surface area contributed by atoms with Crippen LogP contribution in [-0.4, -0.2) is 75.7 Å². The zero-order valence-electron chi connectivity index (χ0n) is 15.8. The van der Waals surface area contributed by atoms with Gasteiger partial charge in [-0.3, -0.25) is 9.80 Å². The van der Waals surface area contributed by atoms with Crippen LogP contribution in [0, 0.1) is 0 Å². The summed E-state index contributed by atoms with van der Waals surface area (Å²) in [5.41, 5.74) is 1.23. The molecule has 146 valence electrons. The molecule has 26 heavy (non-hydrogen) atoms. The van der Waals surface area contributed by atoms with E-state index in [-0.39, 0.29) is 0 Å². The zero-order valence-corrected chi connectivity index (χ0v) is 16.6. The normalized spacial score (nSPS) is 22.2. The second-order valence-corrected chi connectivity index (χ2v) is 9.42. The maximum Gasteiger partial charge on any atom is 0.161 e. The second kappa shape index (κ2) is 8.59. The molecule has 0 spiro atoms. The lowest BCUT2D eigenvalue weighted by Gasteiger charge is -2.40. The number of piperidine rings is 1. The van der Waals surface area contributed by atoms with Crippen LogP contribution in [-0.2, 0) is 16.4 Å². The fourth-order valence-electron chi connectivity index (χ4n) is 3.88. The van der Waals surface area contributed by atoms with E-state index in [4.69, 9.17) is 9.47 Å². The molecule has 1 aromatic rings. The van der Waals surface area contributed by atoms with Gasteiger partial charge in [-0.2, -0.15) is 0 Å². The molecule has 6 nitrogen and oxygen atoms in total. The molecule has 2 heterocycles. The van der Waals surface area contributed by atoms with Crippen LogP contribution in [0.5, 0.6) is 11.5 Å². The highest BCUT2D eigenvalue weighted by Gasteiger charge is 2.29. The van der Waals surface area contributed by atoms with Crippen molar-refractivity contribution in [2.45, 2.75) is 32.4 Å². The smallest absolute Gasteiger partial charge is 0.161 e. The van der Waals surface area contributed by atoms with E-state index in [1.807, 2.05) is 13.0 Å². The topological polar surface area (TPSA) is 59.1 Å². The molecule has 0 radical (unpaired) electrons. The Morgan fingerprint density at radius 1 is 1.08 bits per heavy atom. The second-order valence-electron chi connectivity index (χ2n) is 7.11. The number of methoxy groups -OCH3 is 1. The number of nitrogens with zero attached hydrogens (tertiary/aromatic N) is 2. The van der Waals surface area contributed by atoms with Crippen LogP contribution in [0.1, 0.15) is 25.3 Å². The van der Waals surface area contributed by atoms with Crippen molar-refractivity contribution >= 4 is 9.84 Å². The Hall–Kier alpha value is -1.31. The molecular formula is C19H30N2O4S. The molecule has 0 aliphatic carbocycles. The Morgan fingerprint density at radius 3 is 2.38 bits per heavy atom. The van der Waals surface area contributed by atoms with Crippen molar-refractivity contribution in [2.75, 3.05) is 51.4 Å². The van der Waals surface area contributed by atoms with Crippen LogP contribution >= 0.6 is 0 Å². The summed E-state index contributed by atoms with van der Waals surface area (Å²) in [5, 5.41) is 0. The Labute approximate surface area is 157 Å². The summed E-state index contributed by atoms with van der Waals surface area (Å²) in [7, 11) is -1.13. The van der Waals surface area contributed by atoms with E-state index in [2.05, 4.69) is 21.9 Å². The highest BCUT2D eigenvalue weighted by atomic mass is 32.2. The maximum atomic E-state index is 11.6. The van der Waals surface area contributed by atoms with Crippen molar-refractivity contribution in [3.05, 3.63) is 23.8 Å². The number of rotatable bonds is 6. The molecule has 0 unspecified atom stereocenters. The lowest BCUT2D eigenvalue weighted by atomic mass is 10.0. The monoisotopic (exact) mass is 382 g/mol. The van der Waals surface area contributed by atoms with E-state index in [1.165, 1.54) is 5.56 Å². The van der Waals surface area contributed by atoms with Crippen molar-refractivity contribution in [2.24, 2.45) is 0 Å². The number of ether oxygens (including phenoxy) is 2. The van der Waals surface area contributed by atoms with Gasteiger partial charge in [-0.05, 0) is 50.6 Å². The molecule has 2 aliphatic rings. The van der Waals surface area contributed by atoms with Crippen LogP contribution in [0.2, 0.25) is 0 Å². The van der Waals surface area contributed by atoms with E-state index in [9.17, 15) is 8.42 Å². The van der Waals surface area contributed by atoms with Crippen molar-refractivity contribution in [1.82, 2.24) is 9.80 Å². The summed E-state index contributed by atoms with van der Waals surface area (Å²) in [6.45, 7) is 6.99. The van der Waals surface area contributed by atoms with E-state index in [1.54, 1.807) is 7.11 Å². The average molecular weight is 383 g/mol. The first kappa shape index (κ1) is 19.5. The van der Waals surface area contributed by atoms with Gasteiger partial charge in [0.1, 0.15) is 0 Å². The van der Waals surface area contributed by atoms with Gasteiger partial charge in [-0.15, -0.1) is 0 Å². The molecule has 3 rings (SSSR count). The highest BCUT2D eigenvalue weighted by Crippen LogP contribution is 2.29. The molecule has 0 N–H and O–H groups in total. The predicted octanol–water partition coefficient (Wildman–Crippen LogP) is 1.79. The molecule has 0 bridgehead atoms. The third-order valence-electron chi connectivity index (χ3n) is 5.39. The van der Waals surface area contributed by atoms with Crippen LogP contribution in [0.4, 0.5) is 0 Å². The predicted molar refractivity (Wildman–Crippen MR) is 103 cm³/mol. The van der Waals surface area contributed by atoms with Crippen LogP contribution in [0.25, 0.3) is 0 Å². The summed E-state index contributed by atoms with van der Waals surface area (Å²) in [6.07, 6.45) is 2.21. The molecule has 1 aromatic carbocycles. The first-order chi connectivity index (χ1) is 12.5. The Morgan fingerprint density at radius 2 is 1.77 bits per heavy atom. The Balaban J connectivity index is 1.52. The number of likely N-dealkylation sites (tertiary alicyclic amines) is 1. The van der Waals surface area contributed by atoms with Crippen LogP contribution in [0.3, 0.4) is 0 Å². The van der Waals surface area contributed by atoms with Gasteiger partial charge in [0.15, 0.2) is 21.3 Å². The van der Waals surface area contributed by atoms with Gasteiger partial charge < -0.3 is 9.47 Å². The quantitative estimate of drug-likeness (QED) is 0.748. The lowest BCUT2D eigenvalue weighted by Crippen LogP contribution is -2.50. The molecule has 2 aliphatic heterocycles. The highest BCUT2D eigenvalue weighted by molar-refractivity contribution is 7.91. The van der Waals surface area contributed by atoms with Crippen LogP contribution < -0.4 is 9.47 Å². The molecule has 7 heteroatoms. The lowest BCUT2D eigenvalue weighted by molar-refractivity contribution is 0.111. The van der Waals surface area contributed by atoms with Crippen molar-refractivity contribution < 1.29 is 17.9 Å². The fraction of sp³-hybridized carbons (Fsp3) is 0.684. The number of hydrogen-bond acceptors (Lipinski definition) is 6.